The van der Waals surface area contributed by atoms with Crippen LogP contribution in [0.4, 0.5) is 0 Å². The van der Waals surface area contributed by atoms with E-state index >= 15 is 0 Å². The molecule has 1 heterocycles. The Kier molecular flexibility index (Phi) is 3.79. The Morgan fingerprint density at radius 3 is 2.75 bits per heavy atom. The molecule has 1 heteroatoms. The van der Waals surface area contributed by atoms with Crippen LogP contribution >= 0.6 is 0 Å². The summed E-state index contributed by atoms with van der Waals surface area (Å²) in [5, 5.41) is 3.53. The van der Waals surface area contributed by atoms with Crippen molar-refractivity contribution in [2.75, 3.05) is 13.1 Å². The smallest absolute Gasteiger partial charge is 0.00140 e. The second-order valence-electron chi connectivity index (χ2n) is 4.94. The molecule has 1 nitrogen and oxygen atoms in total. The van der Waals surface area contributed by atoms with Crippen LogP contribution < -0.4 is 5.32 Å². The van der Waals surface area contributed by atoms with Crippen molar-refractivity contribution in [3.05, 3.63) is 48.6 Å². The molecule has 16 heavy (non-hydrogen) atoms. The minimum Gasteiger partial charge on any atom is -0.316 e. The molecule has 0 aromatic heterocycles. The molecule has 1 aliphatic heterocycles. The zero-order chi connectivity index (χ0) is 11.3. The fourth-order valence-electron chi connectivity index (χ4n) is 2.76. The third-order valence-corrected chi connectivity index (χ3v) is 3.56. The Hall–Kier alpha value is -1.08. The predicted octanol–water partition coefficient (Wildman–Crippen LogP) is 3.18. The average Bonchev–Trinajstić information content (AvgIpc) is 2.31. The third kappa shape index (κ3) is 2.73. The van der Waals surface area contributed by atoms with E-state index < -0.39 is 0 Å². The van der Waals surface area contributed by atoms with Crippen molar-refractivity contribution < 1.29 is 0 Å². The molecule has 0 saturated carbocycles. The molecule has 0 spiro atoms. The van der Waals surface area contributed by atoms with Gasteiger partial charge in [0.15, 0.2) is 0 Å². The highest BCUT2D eigenvalue weighted by atomic mass is 14.9. The van der Waals surface area contributed by atoms with Crippen molar-refractivity contribution in [2.45, 2.75) is 25.7 Å². The molecule has 1 N–H and O–H groups in total. The molecule has 1 aromatic carbocycles. The van der Waals surface area contributed by atoms with Gasteiger partial charge < -0.3 is 5.32 Å². The summed E-state index contributed by atoms with van der Waals surface area (Å²) in [6.45, 7) is 6.22. The van der Waals surface area contributed by atoms with Crippen LogP contribution in [0.3, 0.4) is 0 Å². The van der Waals surface area contributed by atoms with E-state index in [0.717, 1.165) is 13.0 Å². The lowest BCUT2D eigenvalue weighted by Gasteiger charge is -2.37. The Labute approximate surface area is 98.6 Å². The van der Waals surface area contributed by atoms with E-state index in [1.165, 1.54) is 31.4 Å². The molecule has 0 radical (unpaired) electrons. The topological polar surface area (TPSA) is 12.0 Å². The summed E-state index contributed by atoms with van der Waals surface area (Å²) in [4.78, 5) is 0. The van der Waals surface area contributed by atoms with Gasteiger partial charge in [-0.25, -0.2) is 0 Å². The highest BCUT2D eigenvalue weighted by Crippen LogP contribution is 2.34. The highest BCUT2D eigenvalue weighted by molar-refractivity contribution is 5.17. The Morgan fingerprint density at radius 1 is 1.31 bits per heavy atom. The fourth-order valence-corrected chi connectivity index (χ4v) is 2.76. The van der Waals surface area contributed by atoms with Crippen molar-refractivity contribution in [3.63, 3.8) is 0 Å². The van der Waals surface area contributed by atoms with Crippen LogP contribution in [-0.4, -0.2) is 13.1 Å². The van der Waals surface area contributed by atoms with Gasteiger partial charge in [0.1, 0.15) is 0 Å². The molecular weight excluding hydrogens is 194 g/mol. The first kappa shape index (κ1) is 11.4. The van der Waals surface area contributed by atoms with Gasteiger partial charge >= 0.3 is 0 Å². The number of allylic oxidation sites excluding steroid dienone is 1. The maximum Gasteiger partial charge on any atom is 0.00140 e. The third-order valence-electron chi connectivity index (χ3n) is 3.56. The van der Waals surface area contributed by atoms with Gasteiger partial charge in [-0.05, 0) is 43.2 Å². The molecule has 1 aromatic rings. The molecule has 86 valence electrons. The standard InChI is InChI=1S/C15H21N/c1-2-9-15(10-6-11-16-13-15)12-14-7-4-3-5-8-14/h2-5,7-8,16H,1,6,9-13H2/t15-/m1/s1. The second-order valence-corrected chi connectivity index (χ2v) is 4.94. The van der Waals surface area contributed by atoms with Gasteiger partial charge in [-0.3, -0.25) is 0 Å². The van der Waals surface area contributed by atoms with Gasteiger partial charge in [0, 0.05) is 6.54 Å². The number of rotatable bonds is 4. The van der Waals surface area contributed by atoms with Crippen LogP contribution in [0.25, 0.3) is 0 Å². The summed E-state index contributed by atoms with van der Waals surface area (Å²) in [6.07, 6.45) is 6.99. The summed E-state index contributed by atoms with van der Waals surface area (Å²) < 4.78 is 0. The van der Waals surface area contributed by atoms with Gasteiger partial charge in [0.05, 0.1) is 0 Å². The summed E-state index contributed by atoms with van der Waals surface area (Å²) in [7, 11) is 0. The van der Waals surface area contributed by atoms with Crippen LogP contribution in [0, 0.1) is 5.41 Å². The van der Waals surface area contributed by atoms with Crippen molar-refractivity contribution in [1.29, 1.82) is 0 Å². The molecular formula is C15H21N. The first-order chi connectivity index (χ1) is 7.85. The average molecular weight is 215 g/mol. The number of nitrogens with one attached hydrogen (secondary N) is 1. The SMILES string of the molecule is C=CC[C@]1(Cc2ccccc2)CCCNC1. The van der Waals surface area contributed by atoms with Gasteiger partial charge in [0.2, 0.25) is 0 Å². The first-order valence-electron chi connectivity index (χ1n) is 6.20. The van der Waals surface area contributed by atoms with Crippen molar-refractivity contribution in [1.82, 2.24) is 5.32 Å². The van der Waals surface area contributed by atoms with Crippen LogP contribution in [0.15, 0.2) is 43.0 Å². The van der Waals surface area contributed by atoms with Gasteiger partial charge in [-0.15, -0.1) is 6.58 Å². The molecule has 1 atom stereocenters. The van der Waals surface area contributed by atoms with E-state index in [2.05, 4.69) is 48.3 Å². The molecule has 1 fully saturated rings. The summed E-state index contributed by atoms with van der Waals surface area (Å²) in [5.41, 5.74) is 1.86. The second kappa shape index (κ2) is 5.31. The molecule has 0 aliphatic carbocycles. The predicted molar refractivity (Wildman–Crippen MR) is 69.5 cm³/mol. The van der Waals surface area contributed by atoms with Gasteiger partial charge in [0.25, 0.3) is 0 Å². The molecule has 0 amide bonds. The van der Waals surface area contributed by atoms with E-state index in [9.17, 15) is 0 Å². The molecule has 1 saturated heterocycles. The summed E-state index contributed by atoms with van der Waals surface area (Å²) in [5.74, 6) is 0. The molecule has 0 unspecified atom stereocenters. The maximum absolute atomic E-state index is 3.91. The van der Waals surface area contributed by atoms with E-state index in [-0.39, 0.29) is 0 Å². The van der Waals surface area contributed by atoms with Crippen LogP contribution in [0.5, 0.6) is 0 Å². The maximum atomic E-state index is 3.91. The molecule has 1 aliphatic rings. The Bertz CT molecular complexity index is 323. The van der Waals surface area contributed by atoms with E-state index in [4.69, 9.17) is 0 Å². The normalized spacial score (nSPS) is 25.2. The molecule has 0 bridgehead atoms. The van der Waals surface area contributed by atoms with Crippen molar-refractivity contribution in [2.24, 2.45) is 5.41 Å². The van der Waals surface area contributed by atoms with Crippen molar-refractivity contribution >= 4 is 0 Å². The lowest BCUT2D eigenvalue weighted by Crippen LogP contribution is -2.41. The minimum atomic E-state index is 0.404. The number of hydrogen-bond donors (Lipinski definition) is 1. The first-order valence-corrected chi connectivity index (χ1v) is 6.20. The van der Waals surface area contributed by atoms with Crippen LogP contribution in [0.2, 0.25) is 0 Å². The van der Waals surface area contributed by atoms with Crippen molar-refractivity contribution in [3.8, 4) is 0 Å². The van der Waals surface area contributed by atoms with Crippen LogP contribution in [-0.2, 0) is 6.42 Å². The number of benzene rings is 1. The summed E-state index contributed by atoms with van der Waals surface area (Å²) in [6, 6.07) is 10.8. The Balaban J connectivity index is 2.10. The number of piperidine rings is 1. The van der Waals surface area contributed by atoms with Gasteiger partial charge in [-0.1, -0.05) is 36.4 Å². The zero-order valence-corrected chi connectivity index (χ0v) is 9.91. The lowest BCUT2D eigenvalue weighted by molar-refractivity contribution is 0.210. The van der Waals surface area contributed by atoms with Crippen LogP contribution in [0.1, 0.15) is 24.8 Å². The quantitative estimate of drug-likeness (QED) is 0.761. The fraction of sp³-hybridized carbons (Fsp3) is 0.467. The highest BCUT2D eigenvalue weighted by Gasteiger charge is 2.30. The summed E-state index contributed by atoms with van der Waals surface area (Å²) >= 11 is 0. The van der Waals surface area contributed by atoms with E-state index in [0.29, 0.717) is 5.41 Å². The molecule has 2 rings (SSSR count). The van der Waals surface area contributed by atoms with Gasteiger partial charge in [-0.2, -0.15) is 0 Å². The lowest BCUT2D eigenvalue weighted by atomic mass is 9.73. The Morgan fingerprint density at radius 2 is 2.12 bits per heavy atom. The number of hydrogen-bond acceptors (Lipinski definition) is 1. The van der Waals surface area contributed by atoms with E-state index in [1.54, 1.807) is 0 Å². The van der Waals surface area contributed by atoms with E-state index in [1.807, 2.05) is 0 Å². The monoisotopic (exact) mass is 215 g/mol. The zero-order valence-electron chi connectivity index (χ0n) is 9.91. The minimum absolute atomic E-state index is 0.404. The largest absolute Gasteiger partial charge is 0.316 e.